The zero-order valence-corrected chi connectivity index (χ0v) is 14.3. The molecule has 126 valence electrons. The fourth-order valence-electron chi connectivity index (χ4n) is 2.81. The van der Waals surface area contributed by atoms with E-state index in [9.17, 15) is 4.39 Å². The molecule has 1 aliphatic heterocycles. The quantitative estimate of drug-likeness (QED) is 0.667. The topological polar surface area (TPSA) is 30.9 Å². The van der Waals surface area contributed by atoms with Crippen molar-refractivity contribution in [2.24, 2.45) is 4.99 Å². The minimum absolute atomic E-state index is 0.128. The number of piperazine rings is 1. The van der Waals surface area contributed by atoms with E-state index in [1.54, 1.807) is 19.2 Å². The lowest BCUT2D eigenvalue weighted by molar-refractivity contribution is 0.149. The molecule has 4 nitrogen and oxygen atoms in total. The molecule has 0 amide bonds. The van der Waals surface area contributed by atoms with E-state index in [0.717, 1.165) is 38.3 Å². The predicted octanol–water partition coefficient (Wildman–Crippen LogP) is 2.25. The number of halogens is 1. The summed E-state index contributed by atoms with van der Waals surface area (Å²) in [5, 5.41) is 3.06. The fraction of sp³-hybridized carbons (Fsp3) is 0.500. The van der Waals surface area contributed by atoms with Gasteiger partial charge in [-0.25, -0.2) is 4.39 Å². The highest BCUT2D eigenvalue weighted by molar-refractivity contribution is 6.00. The highest BCUT2D eigenvalue weighted by Gasteiger charge is 2.17. The molecule has 0 spiro atoms. The van der Waals surface area contributed by atoms with Crippen molar-refractivity contribution in [3.63, 3.8) is 0 Å². The van der Waals surface area contributed by atoms with Gasteiger partial charge in [0.25, 0.3) is 0 Å². The van der Waals surface area contributed by atoms with Crippen LogP contribution in [0.15, 0.2) is 36.0 Å². The molecule has 0 aromatic heterocycles. The molecule has 5 heteroatoms. The summed E-state index contributed by atoms with van der Waals surface area (Å²) in [4.78, 5) is 9.53. The molecule has 1 aromatic rings. The summed E-state index contributed by atoms with van der Waals surface area (Å²) in [7, 11) is 2.15. The summed E-state index contributed by atoms with van der Waals surface area (Å²) >= 11 is 0. The number of amidine groups is 1. The zero-order chi connectivity index (χ0) is 16.8. The molecule has 1 atom stereocenters. The van der Waals surface area contributed by atoms with Gasteiger partial charge in [-0.1, -0.05) is 18.7 Å². The Morgan fingerprint density at radius 1 is 1.39 bits per heavy atom. The van der Waals surface area contributed by atoms with Crippen LogP contribution in [0.4, 0.5) is 4.39 Å². The molecule has 1 heterocycles. The molecule has 0 unspecified atom stereocenters. The minimum atomic E-state index is -0.215. The lowest BCUT2D eigenvalue weighted by Crippen LogP contribution is -2.46. The third-order valence-corrected chi connectivity index (χ3v) is 4.23. The van der Waals surface area contributed by atoms with E-state index in [-0.39, 0.29) is 11.9 Å². The van der Waals surface area contributed by atoms with Crippen LogP contribution in [0.25, 0.3) is 0 Å². The first-order valence-corrected chi connectivity index (χ1v) is 8.13. The van der Waals surface area contributed by atoms with Crippen molar-refractivity contribution in [3.05, 3.63) is 47.9 Å². The molecule has 0 saturated carbocycles. The van der Waals surface area contributed by atoms with Gasteiger partial charge >= 0.3 is 0 Å². The summed E-state index contributed by atoms with van der Waals surface area (Å²) in [6, 6.07) is 5.20. The molecule has 1 aliphatic rings. The van der Waals surface area contributed by atoms with Crippen LogP contribution in [-0.4, -0.2) is 61.4 Å². The molecule has 2 rings (SSSR count). The lowest BCUT2D eigenvalue weighted by atomic mass is 10.1. The van der Waals surface area contributed by atoms with Crippen molar-refractivity contribution in [2.45, 2.75) is 19.9 Å². The molecule has 1 fully saturated rings. The second kappa shape index (κ2) is 8.22. The van der Waals surface area contributed by atoms with E-state index in [1.165, 1.54) is 6.07 Å². The Morgan fingerprint density at radius 2 is 2.09 bits per heavy atom. The summed E-state index contributed by atoms with van der Waals surface area (Å²) in [5.74, 6) is 0.464. The number of rotatable bonds is 5. The SMILES string of the molecule is C=CNC(=N[C@@H](C)CN1CCN(C)CC1)c1cccc(F)c1C. The minimum Gasteiger partial charge on any atom is -0.347 e. The van der Waals surface area contributed by atoms with E-state index < -0.39 is 0 Å². The summed E-state index contributed by atoms with van der Waals surface area (Å²) < 4.78 is 13.8. The van der Waals surface area contributed by atoms with Gasteiger partial charge < -0.3 is 10.2 Å². The number of nitrogens with zero attached hydrogens (tertiary/aromatic N) is 3. The van der Waals surface area contributed by atoms with E-state index in [2.05, 4.69) is 35.7 Å². The van der Waals surface area contributed by atoms with Gasteiger partial charge in [-0.3, -0.25) is 9.89 Å². The maximum absolute atomic E-state index is 13.8. The maximum atomic E-state index is 13.8. The first-order chi connectivity index (χ1) is 11.0. The van der Waals surface area contributed by atoms with Crippen molar-refractivity contribution in [1.82, 2.24) is 15.1 Å². The Bertz CT molecular complexity index is 562. The fourth-order valence-corrected chi connectivity index (χ4v) is 2.81. The van der Waals surface area contributed by atoms with Crippen LogP contribution in [-0.2, 0) is 0 Å². The number of hydrogen-bond donors (Lipinski definition) is 1. The van der Waals surface area contributed by atoms with Crippen molar-refractivity contribution in [1.29, 1.82) is 0 Å². The van der Waals surface area contributed by atoms with Crippen LogP contribution < -0.4 is 5.32 Å². The predicted molar refractivity (Wildman–Crippen MR) is 94.4 cm³/mol. The number of hydrogen-bond acceptors (Lipinski definition) is 3. The van der Waals surface area contributed by atoms with Gasteiger partial charge in [-0.2, -0.15) is 0 Å². The first kappa shape index (κ1) is 17.6. The number of nitrogens with one attached hydrogen (secondary N) is 1. The Hall–Kier alpha value is -1.72. The van der Waals surface area contributed by atoms with Gasteiger partial charge in [0.15, 0.2) is 0 Å². The highest BCUT2D eigenvalue weighted by atomic mass is 19.1. The molecule has 23 heavy (non-hydrogen) atoms. The monoisotopic (exact) mass is 318 g/mol. The van der Waals surface area contributed by atoms with Crippen molar-refractivity contribution < 1.29 is 4.39 Å². The van der Waals surface area contributed by atoms with E-state index in [0.29, 0.717) is 11.4 Å². The third kappa shape index (κ3) is 4.88. The molecule has 1 aromatic carbocycles. The molecular formula is C18H27FN4. The van der Waals surface area contributed by atoms with Gasteiger partial charge in [-0.15, -0.1) is 0 Å². The molecule has 1 saturated heterocycles. The lowest BCUT2D eigenvalue weighted by Gasteiger charge is -2.33. The Kier molecular flexibility index (Phi) is 6.30. The zero-order valence-electron chi connectivity index (χ0n) is 14.3. The van der Waals surface area contributed by atoms with E-state index >= 15 is 0 Å². The summed E-state index contributed by atoms with van der Waals surface area (Å²) in [6.07, 6.45) is 1.59. The van der Waals surface area contributed by atoms with Crippen LogP contribution >= 0.6 is 0 Å². The second-order valence-electron chi connectivity index (χ2n) is 6.19. The summed E-state index contributed by atoms with van der Waals surface area (Å²) in [6.45, 7) is 12.8. The largest absolute Gasteiger partial charge is 0.347 e. The van der Waals surface area contributed by atoms with Gasteiger partial charge in [-0.05, 0) is 38.7 Å². The maximum Gasteiger partial charge on any atom is 0.132 e. The van der Waals surface area contributed by atoms with Gasteiger partial charge in [0, 0.05) is 38.3 Å². The molecule has 0 aliphatic carbocycles. The van der Waals surface area contributed by atoms with Crippen LogP contribution in [0.1, 0.15) is 18.1 Å². The smallest absolute Gasteiger partial charge is 0.132 e. The second-order valence-corrected chi connectivity index (χ2v) is 6.19. The summed E-state index contributed by atoms with van der Waals surface area (Å²) in [5.41, 5.74) is 1.39. The van der Waals surface area contributed by atoms with Gasteiger partial charge in [0.1, 0.15) is 11.7 Å². The van der Waals surface area contributed by atoms with E-state index in [4.69, 9.17) is 4.99 Å². The van der Waals surface area contributed by atoms with Crippen LogP contribution in [0.5, 0.6) is 0 Å². The van der Waals surface area contributed by atoms with Crippen LogP contribution in [0.3, 0.4) is 0 Å². The molecule has 0 bridgehead atoms. The molecular weight excluding hydrogens is 291 g/mol. The Morgan fingerprint density at radius 3 is 2.74 bits per heavy atom. The molecule has 1 N–H and O–H groups in total. The Balaban J connectivity index is 2.11. The average molecular weight is 318 g/mol. The Labute approximate surface area is 138 Å². The van der Waals surface area contributed by atoms with Gasteiger partial charge in [0.05, 0.1) is 6.04 Å². The standard InChI is InChI=1S/C18H27FN4/c1-5-20-18(16-7-6-8-17(19)15(16)3)21-14(2)13-23-11-9-22(4)10-12-23/h5-8,14H,1,9-13H2,2-4H3,(H,20,21)/t14-/m0/s1. The van der Waals surface area contributed by atoms with Crippen molar-refractivity contribution >= 4 is 5.84 Å². The first-order valence-electron chi connectivity index (χ1n) is 8.13. The average Bonchev–Trinajstić information content (AvgIpc) is 2.52. The highest BCUT2D eigenvalue weighted by Crippen LogP contribution is 2.13. The van der Waals surface area contributed by atoms with Crippen molar-refractivity contribution in [2.75, 3.05) is 39.8 Å². The van der Waals surface area contributed by atoms with E-state index in [1.807, 2.05) is 6.07 Å². The third-order valence-electron chi connectivity index (χ3n) is 4.23. The van der Waals surface area contributed by atoms with Crippen LogP contribution in [0, 0.1) is 12.7 Å². The van der Waals surface area contributed by atoms with Crippen molar-refractivity contribution in [3.8, 4) is 0 Å². The number of benzene rings is 1. The normalized spacial score (nSPS) is 18.7. The number of aliphatic imine (C=N–C) groups is 1. The van der Waals surface area contributed by atoms with Crippen LogP contribution in [0.2, 0.25) is 0 Å². The molecule has 0 radical (unpaired) electrons. The van der Waals surface area contributed by atoms with Gasteiger partial charge in [0.2, 0.25) is 0 Å². The number of likely N-dealkylation sites (N-methyl/N-ethyl adjacent to an activating group) is 1.